The van der Waals surface area contributed by atoms with Crippen LogP contribution in [0, 0.1) is 0 Å². The lowest BCUT2D eigenvalue weighted by Crippen LogP contribution is -2.31. The number of imidazole rings is 1. The molecule has 0 spiro atoms. The number of hydrogen-bond acceptors (Lipinski definition) is 7. The van der Waals surface area contributed by atoms with E-state index < -0.39 is 17.6 Å². The summed E-state index contributed by atoms with van der Waals surface area (Å²) in [5, 5.41) is 0. The van der Waals surface area contributed by atoms with Crippen LogP contribution in [0.1, 0.15) is 55.6 Å². The molecule has 1 aliphatic rings. The molecule has 1 aromatic carbocycles. The van der Waals surface area contributed by atoms with Gasteiger partial charge in [0.1, 0.15) is 12.1 Å². The fourth-order valence-corrected chi connectivity index (χ4v) is 4.17. The summed E-state index contributed by atoms with van der Waals surface area (Å²) >= 11 is 0. The molecule has 10 nitrogen and oxygen atoms in total. The first kappa shape index (κ1) is 23.6. The van der Waals surface area contributed by atoms with E-state index in [0.717, 1.165) is 23.0 Å². The van der Waals surface area contributed by atoms with Gasteiger partial charge in [0.25, 0.3) is 5.91 Å². The number of aromatic nitrogens is 4. The van der Waals surface area contributed by atoms with E-state index in [1.165, 1.54) is 4.57 Å². The summed E-state index contributed by atoms with van der Waals surface area (Å²) in [6.45, 7) is 6.52. The van der Waals surface area contributed by atoms with E-state index in [-0.39, 0.29) is 48.5 Å². The molecule has 1 fully saturated rings. The van der Waals surface area contributed by atoms with Gasteiger partial charge in [0, 0.05) is 12.2 Å². The highest BCUT2D eigenvalue weighted by Crippen LogP contribution is 2.25. The van der Waals surface area contributed by atoms with Gasteiger partial charge in [-0.05, 0) is 31.2 Å². The summed E-state index contributed by atoms with van der Waals surface area (Å²) in [6, 6.07) is 7.70. The minimum absolute atomic E-state index is 0.117. The average Bonchev–Trinajstić information content (AvgIpc) is 3.41. The van der Waals surface area contributed by atoms with Crippen LogP contribution in [0.3, 0.4) is 0 Å². The number of fused-ring (bicyclic) bond motifs is 1. The number of nitrogens with two attached hydrogens (primary N) is 1. The van der Waals surface area contributed by atoms with E-state index in [4.69, 9.17) is 15.2 Å². The molecule has 10 heteroatoms. The highest BCUT2D eigenvalue weighted by Gasteiger charge is 2.27. The third-order valence-electron chi connectivity index (χ3n) is 5.92. The number of rotatable bonds is 8. The maximum atomic E-state index is 13.4. The first-order chi connectivity index (χ1) is 16.3. The van der Waals surface area contributed by atoms with E-state index in [9.17, 15) is 14.4 Å². The molecule has 0 bridgehead atoms. The molecular weight excluding hydrogens is 438 g/mol. The van der Waals surface area contributed by atoms with Crippen LogP contribution in [0.5, 0.6) is 0 Å². The van der Waals surface area contributed by atoms with Gasteiger partial charge in [-0.1, -0.05) is 38.1 Å². The van der Waals surface area contributed by atoms with E-state index in [2.05, 4.69) is 23.8 Å². The molecule has 0 saturated carbocycles. The molecule has 1 saturated heterocycles. The smallest absolute Gasteiger partial charge is 0.331 e. The molecule has 0 aliphatic carbocycles. The summed E-state index contributed by atoms with van der Waals surface area (Å²) < 4.78 is 13.3. The van der Waals surface area contributed by atoms with Crippen LogP contribution in [0.2, 0.25) is 0 Å². The topological polar surface area (TPSA) is 131 Å². The van der Waals surface area contributed by atoms with Crippen molar-refractivity contribution >= 4 is 23.0 Å². The molecule has 4 rings (SSSR count). The Morgan fingerprint density at radius 1 is 1.21 bits per heavy atom. The zero-order valence-corrected chi connectivity index (χ0v) is 19.6. The number of carbonyl (C=O) groups excluding carboxylic acids is 2. The molecule has 180 valence electrons. The molecule has 3 aromatic rings. The van der Waals surface area contributed by atoms with Gasteiger partial charge in [0.15, 0.2) is 17.2 Å². The van der Waals surface area contributed by atoms with E-state index in [1.807, 2.05) is 24.3 Å². The summed E-state index contributed by atoms with van der Waals surface area (Å²) in [7, 11) is 0. The van der Waals surface area contributed by atoms with Crippen molar-refractivity contribution in [3.8, 4) is 11.4 Å². The summed E-state index contributed by atoms with van der Waals surface area (Å²) in [5.41, 5.74) is 7.24. The second-order valence-electron chi connectivity index (χ2n) is 8.63. The normalized spacial score (nSPS) is 15.8. The van der Waals surface area contributed by atoms with Crippen LogP contribution in [0.15, 0.2) is 29.1 Å². The first-order valence-corrected chi connectivity index (χ1v) is 11.5. The molecule has 1 amide bonds. The summed E-state index contributed by atoms with van der Waals surface area (Å²) in [5.74, 6) is -0.804. The Balaban J connectivity index is 1.92. The van der Waals surface area contributed by atoms with Gasteiger partial charge < -0.3 is 15.2 Å². The van der Waals surface area contributed by atoms with Gasteiger partial charge >= 0.3 is 11.7 Å². The second-order valence-corrected chi connectivity index (χ2v) is 8.63. The van der Waals surface area contributed by atoms with Gasteiger partial charge in [0.2, 0.25) is 0 Å². The SMILES string of the molecule is CCOC(=O)Cn1c(=O)n(C[C@@H]2CCCO2)c2nc(-c3ccc(C(C)C)cc3)nc(C(N)=O)c21. The van der Waals surface area contributed by atoms with Crippen LogP contribution >= 0.6 is 0 Å². The lowest BCUT2D eigenvalue weighted by Gasteiger charge is -2.11. The van der Waals surface area contributed by atoms with Gasteiger partial charge in [-0.3, -0.25) is 18.7 Å². The minimum atomic E-state index is -0.820. The number of carbonyl (C=O) groups is 2. The van der Waals surface area contributed by atoms with Gasteiger partial charge in [-0.25, -0.2) is 14.8 Å². The predicted molar refractivity (Wildman–Crippen MR) is 125 cm³/mol. The van der Waals surface area contributed by atoms with Crippen molar-refractivity contribution in [1.82, 2.24) is 19.1 Å². The number of hydrogen-bond donors (Lipinski definition) is 1. The molecule has 3 heterocycles. The number of nitrogens with zero attached hydrogens (tertiary/aromatic N) is 4. The molecule has 0 unspecified atom stereocenters. The van der Waals surface area contributed by atoms with Crippen molar-refractivity contribution in [3.63, 3.8) is 0 Å². The van der Waals surface area contributed by atoms with Crippen LogP contribution in [0.4, 0.5) is 0 Å². The van der Waals surface area contributed by atoms with E-state index in [0.29, 0.717) is 18.1 Å². The summed E-state index contributed by atoms with van der Waals surface area (Å²) in [4.78, 5) is 47.1. The minimum Gasteiger partial charge on any atom is -0.465 e. The van der Waals surface area contributed by atoms with Gasteiger partial charge in [-0.15, -0.1) is 0 Å². The van der Waals surface area contributed by atoms with E-state index >= 15 is 0 Å². The highest BCUT2D eigenvalue weighted by atomic mass is 16.5. The Morgan fingerprint density at radius 2 is 1.94 bits per heavy atom. The number of primary amides is 1. The summed E-state index contributed by atoms with van der Waals surface area (Å²) in [6.07, 6.45) is 1.53. The lowest BCUT2D eigenvalue weighted by molar-refractivity contribution is -0.143. The Kier molecular flexibility index (Phi) is 6.78. The van der Waals surface area contributed by atoms with Crippen molar-refractivity contribution < 1.29 is 19.1 Å². The number of ether oxygens (including phenoxy) is 2. The third kappa shape index (κ3) is 4.58. The van der Waals surface area contributed by atoms with Crippen LogP contribution in [-0.4, -0.2) is 50.3 Å². The third-order valence-corrected chi connectivity index (χ3v) is 5.92. The molecule has 34 heavy (non-hydrogen) atoms. The Labute approximate surface area is 196 Å². The quantitative estimate of drug-likeness (QED) is 0.503. The lowest BCUT2D eigenvalue weighted by atomic mass is 10.0. The van der Waals surface area contributed by atoms with Crippen molar-refractivity contribution in [2.24, 2.45) is 5.73 Å². The first-order valence-electron chi connectivity index (χ1n) is 11.5. The fraction of sp³-hybridized carbons (Fsp3) is 0.458. The Bertz CT molecular complexity index is 1270. The van der Waals surface area contributed by atoms with Crippen molar-refractivity contribution in [1.29, 1.82) is 0 Å². The van der Waals surface area contributed by atoms with Crippen molar-refractivity contribution in [2.45, 2.75) is 58.7 Å². The maximum absolute atomic E-state index is 13.4. The zero-order chi connectivity index (χ0) is 24.4. The Morgan fingerprint density at radius 3 is 2.53 bits per heavy atom. The highest BCUT2D eigenvalue weighted by molar-refractivity contribution is 6.02. The fourth-order valence-electron chi connectivity index (χ4n) is 4.17. The van der Waals surface area contributed by atoms with Crippen molar-refractivity contribution in [3.05, 3.63) is 46.0 Å². The van der Waals surface area contributed by atoms with Crippen LogP contribution in [-0.2, 0) is 27.4 Å². The van der Waals surface area contributed by atoms with Crippen LogP contribution in [0.25, 0.3) is 22.6 Å². The average molecular weight is 468 g/mol. The molecular formula is C24H29N5O5. The van der Waals surface area contributed by atoms with Gasteiger partial charge in [-0.2, -0.15) is 0 Å². The Hall–Kier alpha value is -3.53. The molecule has 2 N–H and O–H groups in total. The van der Waals surface area contributed by atoms with Gasteiger partial charge in [0.05, 0.1) is 19.3 Å². The zero-order valence-electron chi connectivity index (χ0n) is 19.6. The second kappa shape index (κ2) is 9.76. The van der Waals surface area contributed by atoms with E-state index in [1.54, 1.807) is 6.92 Å². The predicted octanol–water partition coefficient (Wildman–Crippen LogP) is 2.22. The van der Waals surface area contributed by atoms with Crippen LogP contribution < -0.4 is 11.4 Å². The molecule has 1 atom stereocenters. The monoisotopic (exact) mass is 467 g/mol. The molecule has 0 radical (unpaired) electrons. The van der Waals surface area contributed by atoms with Crippen molar-refractivity contribution in [2.75, 3.05) is 13.2 Å². The number of esters is 1. The number of benzene rings is 1. The molecule has 1 aliphatic heterocycles. The molecule has 2 aromatic heterocycles. The standard InChI is InChI=1S/C24H29N5O5/c1-4-33-18(30)13-28-20-19(21(25)31)26-22(16-9-7-15(8-10-16)14(2)3)27-23(20)29(24(28)32)12-17-6-5-11-34-17/h7-10,14,17H,4-6,11-13H2,1-3H3,(H2,25,31)/t17-/m0/s1. The maximum Gasteiger partial charge on any atom is 0.331 e. The number of amides is 1. The largest absolute Gasteiger partial charge is 0.465 e.